The molecule has 0 spiro atoms. The van der Waals surface area contributed by atoms with E-state index in [-0.39, 0.29) is 29.5 Å². The molecule has 0 bridgehead atoms. The predicted octanol–water partition coefficient (Wildman–Crippen LogP) is 4.19. The number of carbonyl (C=O) groups is 1. The van der Waals surface area contributed by atoms with Crippen LogP contribution in [0.5, 0.6) is 5.75 Å². The number of nitrogens with one attached hydrogen (secondary N) is 1. The van der Waals surface area contributed by atoms with Gasteiger partial charge in [-0.05, 0) is 50.1 Å². The van der Waals surface area contributed by atoms with Crippen LogP contribution in [0.2, 0.25) is 0 Å². The SMILES string of the molecule is C=CCn1c(COc2cc(C)ccc2C)nnc1SCC(=O)Nc1c(C)n(C)n(-c2ccccc2)c1=O. The van der Waals surface area contributed by atoms with E-state index in [4.69, 9.17) is 4.74 Å². The number of aromatic nitrogens is 5. The molecule has 2 aromatic heterocycles. The fourth-order valence-corrected chi connectivity index (χ4v) is 4.63. The summed E-state index contributed by atoms with van der Waals surface area (Å²) in [7, 11) is 1.79. The number of anilines is 1. The van der Waals surface area contributed by atoms with E-state index < -0.39 is 0 Å². The van der Waals surface area contributed by atoms with Gasteiger partial charge in [0, 0.05) is 13.6 Å². The van der Waals surface area contributed by atoms with Gasteiger partial charge in [-0.2, -0.15) is 0 Å². The molecule has 9 nitrogen and oxygen atoms in total. The third-order valence-corrected chi connectivity index (χ3v) is 6.92. The zero-order valence-electron chi connectivity index (χ0n) is 21.4. The van der Waals surface area contributed by atoms with Gasteiger partial charge < -0.3 is 10.1 Å². The summed E-state index contributed by atoms with van der Waals surface area (Å²) in [6.45, 7) is 10.3. The van der Waals surface area contributed by atoms with Crippen molar-refractivity contribution >= 4 is 23.4 Å². The molecule has 4 aromatic rings. The molecule has 2 aromatic carbocycles. The monoisotopic (exact) mass is 518 g/mol. The lowest BCUT2D eigenvalue weighted by Crippen LogP contribution is -2.23. The highest BCUT2D eigenvalue weighted by atomic mass is 32.2. The molecule has 0 aliphatic carbocycles. The highest BCUT2D eigenvalue weighted by Gasteiger charge is 2.19. The van der Waals surface area contributed by atoms with Gasteiger partial charge in [-0.3, -0.25) is 18.8 Å². The van der Waals surface area contributed by atoms with Gasteiger partial charge in [-0.25, -0.2) is 4.68 Å². The van der Waals surface area contributed by atoms with Crippen LogP contribution in [0.25, 0.3) is 5.69 Å². The Morgan fingerprint density at radius 2 is 1.89 bits per heavy atom. The van der Waals surface area contributed by atoms with Gasteiger partial charge in [-0.1, -0.05) is 48.2 Å². The van der Waals surface area contributed by atoms with Crippen molar-refractivity contribution < 1.29 is 9.53 Å². The van der Waals surface area contributed by atoms with Gasteiger partial charge in [0.1, 0.15) is 18.0 Å². The molecule has 0 saturated heterocycles. The zero-order valence-corrected chi connectivity index (χ0v) is 22.2. The number of allylic oxidation sites excluding steroid dienone is 1. The normalized spacial score (nSPS) is 10.9. The molecule has 4 rings (SSSR count). The molecule has 0 atom stereocenters. The molecule has 2 heterocycles. The van der Waals surface area contributed by atoms with Crippen LogP contribution < -0.4 is 15.6 Å². The van der Waals surface area contributed by atoms with Crippen LogP contribution in [0, 0.1) is 20.8 Å². The third kappa shape index (κ3) is 5.69. The molecule has 0 aliphatic heterocycles. The lowest BCUT2D eigenvalue weighted by molar-refractivity contribution is -0.113. The first kappa shape index (κ1) is 26.0. The molecule has 1 N–H and O–H groups in total. The summed E-state index contributed by atoms with van der Waals surface area (Å²) in [5.74, 6) is 1.18. The molecule has 192 valence electrons. The number of rotatable bonds is 10. The van der Waals surface area contributed by atoms with Crippen LogP contribution in [0.1, 0.15) is 22.6 Å². The Bertz CT molecular complexity index is 1490. The van der Waals surface area contributed by atoms with Gasteiger partial charge in [-0.15, -0.1) is 16.8 Å². The van der Waals surface area contributed by atoms with Crippen molar-refractivity contribution in [3.63, 3.8) is 0 Å². The topological polar surface area (TPSA) is 96.0 Å². The quantitative estimate of drug-likeness (QED) is 0.250. The second-order valence-corrected chi connectivity index (χ2v) is 9.57. The molecular formula is C27H30N6O3S. The van der Waals surface area contributed by atoms with Crippen molar-refractivity contribution in [2.45, 2.75) is 39.1 Å². The van der Waals surface area contributed by atoms with E-state index in [9.17, 15) is 9.59 Å². The molecule has 37 heavy (non-hydrogen) atoms. The Labute approximate surface area is 219 Å². The van der Waals surface area contributed by atoms with E-state index in [1.54, 1.807) is 24.7 Å². The largest absolute Gasteiger partial charge is 0.485 e. The molecule has 1 amide bonds. The van der Waals surface area contributed by atoms with Crippen molar-refractivity contribution in [1.29, 1.82) is 0 Å². The molecule has 10 heteroatoms. The Morgan fingerprint density at radius 1 is 1.14 bits per heavy atom. The molecular weight excluding hydrogens is 488 g/mol. The summed E-state index contributed by atoms with van der Waals surface area (Å²) in [5.41, 5.74) is 3.50. The maximum absolute atomic E-state index is 13.1. The average Bonchev–Trinajstić information content (AvgIpc) is 3.37. The minimum Gasteiger partial charge on any atom is -0.485 e. The molecule has 0 radical (unpaired) electrons. The van der Waals surface area contributed by atoms with Gasteiger partial charge in [0.05, 0.1) is 17.1 Å². The maximum Gasteiger partial charge on any atom is 0.295 e. The average molecular weight is 519 g/mol. The van der Waals surface area contributed by atoms with Crippen molar-refractivity contribution in [3.8, 4) is 11.4 Å². The number of para-hydroxylation sites is 1. The Balaban J connectivity index is 1.45. The minimum absolute atomic E-state index is 0.0617. The Kier molecular flexibility index (Phi) is 7.98. The van der Waals surface area contributed by atoms with Crippen molar-refractivity contribution in [3.05, 3.63) is 94.2 Å². The van der Waals surface area contributed by atoms with Gasteiger partial charge in [0.2, 0.25) is 5.91 Å². The van der Waals surface area contributed by atoms with Crippen LogP contribution in [0.4, 0.5) is 5.69 Å². The number of carbonyl (C=O) groups excluding carboxylic acids is 1. The zero-order chi connectivity index (χ0) is 26.5. The summed E-state index contributed by atoms with van der Waals surface area (Å²) in [5, 5.41) is 11.9. The van der Waals surface area contributed by atoms with E-state index in [0.29, 0.717) is 23.2 Å². The first-order chi connectivity index (χ1) is 17.8. The minimum atomic E-state index is -0.308. The number of hydrogen-bond acceptors (Lipinski definition) is 6. The summed E-state index contributed by atoms with van der Waals surface area (Å²) in [6.07, 6.45) is 1.74. The third-order valence-electron chi connectivity index (χ3n) is 5.96. The number of hydrogen-bond donors (Lipinski definition) is 1. The molecule has 0 saturated carbocycles. The number of amides is 1. The number of benzene rings is 2. The summed E-state index contributed by atoms with van der Waals surface area (Å²) < 4.78 is 11.1. The lowest BCUT2D eigenvalue weighted by atomic mass is 10.1. The van der Waals surface area contributed by atoms with Crippen LogP contribution >= 0.6 is 11.8 Å². The lowest BCUT2D eigenvalue weighted by Gasteiger charge is -2.11. The van der Waals surface area contributed by atoms with Gasteiger partial charge in [0.15, 0.2) is 11.0 Å². The highest BCUT2D eigenvalue weighted by Crippen LogP contribution is 2.22. The second-order valence-electron chi connectivity index (χ2n) is 8.63. The Morgan fingerprint density at radius 3 is 2.62 bits per heavy atom. The van der Waals surface area contributed by atoms with Gasteiger partial charge in [0.25, 0.3) is 5.56 Å². The van der Waals surface area contributed by atoms with E-state index >= 15 is 0 Å². The first-order valence-corrected chi connectivity index (χ1v) is 12.8. The highest BCUT2D eigenvalue weighted by molar-refractivity contribution is 7.99. The van der Waals surface area contributed by atoms with E-state index in [1.807, 2.05) is 66.9 Å². The van der Waals surface area contributed by atoms with Crippen LogP contribution in [0.3, 0.4) is 0 Å². The standard InChI is InChI=1S/C27H30N6O3S/c1-6-14-32-23(16-36-22-15-18(2)12-13-19(22)3)29-30-27(32)37-17-24(34)28-25-20(4)31(5)33(26(25)35)21-10-8-7-9-11-21/h6-13,15H,1,14,16-17H2,2-5H3,(H,28,34). The van der Waals surface area contributed by atoms with E-state index in [0.717, 1.165) is 22.6 Å². The molecule has 0 unspecified atom stereocenters. The predicted molar refractivity (Wildman–Crippen MR) is 146 cm³/mol. The second kappa shape index (κ2) is 11.3. The van der Waals surface area contributed by atoms with E-state index in [1.165, 1.54) is 16.4 Å². The summed E-state index contributed by atoms with van der Waals surface area (Å²) >= 11 is 1.24. The Hall–Kier alpha value is -4.05. The summed E-state index contributed by atoms with van der Waals surface area (Å²) in [4.78, 5) is 25.9. The van der Waals surface area contributed by atoms with Crippen molar-refractivity contribution in [2.75, 3.05) is 11.1 Å². The number of thioether (sulfide) groups is 1. The van der Waals surface area contributed by atoms with Crippen LogP contribution in [0.15, 0.2) is 71.1 Å². The smallest absolute Gasteiger partial charge is 0.295 e. The number of ether oxygens (including phenoxy) is 1. The van der Waals surface area contributed by atoms with E-state index in [2.05, 4.69) is 22.1 Å². The number of nitrogens with zero attached hydrogens (tertiary/aromatic N) is 5. The molecule has 0 fully saturated rings. The van der Waals surface area contributed by atoms with Crippen molar-refractivity contribution in [1.82, 2.24) is 24.1 Å². The fourth-order valence-electron chi connectivity index (χ4n) is 3.87. The van der Waals surface area contributed by atoms with Gasteiger partial charge >= 0.3 is 0 Å². The summed E-state index contributed by atoms with van der Waals surface area (Å²) in [6, 6.07) is 15.3. The first-order valence-electron chi connectivity index (χ1n) is 11.8. The van der Waals surface area contributed by atoms with Crippen molar-refractivity contribution in [2.24, 2.45) is 7.05 Å². The molecule has 0 aliphatic rings. The van der Waals surface area contributed by atoms with Crippen LogP contribution in [-0.4, -0.2) is 35.8 Å². The van der Waals surface area contributed by atoms with Crippen LogP contribution in [-0.2, 0) is 25.0 Å². The number of aryl methyl sites for hydroxylation is 2. The fraction of sp³-hybridized carbons (Fsp3) is 0.259. The maximum atomic E-state index is 13.1.